The van der Waals surface area contributed by atoms with E-state index >= 15 is 0 Å². The Morgan fingerprint density at radius 1 is 1.23 bits per heavy atom. The molecular formula is C14H21F3IN3O. The maximum atomic E-state index is 12.0. The van der Waals surface area contributed by atoms with E-state index in [-0.39, 0.29) is 35.7 Å². The van der Waals surface area contributed by atoms with Crippen molar-refractivity contribution in [3.05, 3.63) is 24.3 Å². The molecule has 8 heteroatoms. The van der Waals surface area contributed by atoms with Gasteiger partial charge < -0.3 is 15.8 Å². The molecule has 0 amide bonds. The molecule has 4 nitrogen and oxygen atoms in total. The number of anilines is 1. The summed E-state index contributed by atoms with van der Waals surface area (Å²) in [7, 11) is 0. The lowest BCUT2D eigenvalue weighted by Gasteiger charge is -2.11. The van der Waals surface area contributed by atoms with Crippen molar-refractivity contribution in [2.24, 2.45) is 16.6 Å². The minimum Gasteiger partial charge on any atom is -0.406 e. The summed E-state index contributed by atoms with van der Waals surface area (Å²) in [4.78, 5) is 4.22. The fraction of sp³-hybridized carbons (Fsp3) is 0.500. The number of benzene rings is 1. The molecule has 0 aliphatic carbocycles. The van der Waals surface area contributed by atoms with Crippen molar-refractivity contribution in [1.82, 2.24) is 0 Å². The van der Waals surface area contributed by atoms with Crippen molar-refractivity contribution in [2.75, 3.05) is 11.9 Å². The summed E-state index contributed by atoms with van der Waals surface area (Å²) in [6.07, 6.45) is -2.64. The van der Waals surface area contributed by atoms with E-state index in [9.17, 15) is 13.2 Å². The van der Waals surface area contributed by atoms with Crippen LogP contribution < -0.4 is 15.8 Å². The zero-order chi connectivity index (χ0) is 15.9. The van der Waals surface area contributed by atoms with Gasteiger partial charge in [-0.25, -0.2) is 0 Å². The van der Waals surface area contributed by atoms with E-state index in [4.69, 9.17) is 5.73 Å². The number of nitrogens with zero attached hydrogens (tertiary/aromatic N) is 1. The molecule has 1 rings (SSSR count). The van der Waals surface area contributed by atoms with E-state index in [0.717, 1.165) is 12.8 Å². The average molecular weight is 431 g/mol. The molecule has 3 N–H and O–H groups in total. The molecule has 1 aromatic rings. The zero-order valence-electron chi connectivity index (χ0n) is 12.5. The molecule has 0 aliphatic rings. The van der Waals surface area contributed by atoms with Gasteiger partial charge in [0.15, 0.2) is 5.96 Å². The van der Waals surface area contributed by atoms with Crippen molar-refractivity contribution in [3.8, 4) is 5.75 Å². The molecule has 0 saturated carbocycles. The average Bonchev–Trinajstić information content (AvgIpc) is 2.40. The van der Waals surface area contributed by atoms with E-state index < -0.39 is 6.36 Å². The first kappa shape index (κ1) is 20.8. The van der Waals surface area contributed by atoms with Gasteiger partial charge in [-0.05, 0) is 30.2 Å². The number of nitrogens with two attached hydrogens (primary N) is 1. The first-order valence-electron chi connectivity index (χ1n) is 6.76. The number of ether oxygens (including phenoxy) is 1. The molecule has 0 fully saturated rings. The number of hydrogen-bond donors (Lipinski definition) is 2. The lowest BCUT2D eigenvalue weighted by Crippen LogP contribution is -2.23. The number of nitrogens with one attached hydrogen (secondary N) is 1. The van der Waals surface area contributed by atoms with Crippen LogP contribution in [0.3, 0.4) is 0 Å². The third-order valence-corrected chi connectivity index (χ3v) is 3.03. The first-order chi connectivity index (χ1) is 9.84. The number of guanidine groups is 1. The van der Waals surface area contributed by atoms with Crippen LogP contribution in [0.15, 0.2) is 29.3 Å². The molecular weight excluding hydrogens is 410 g/mol. The van der Waals surface area contributed by atoms with Crippen molar-refractivity contribution in [2.45, 2.75) is 33.1 Å². The number of rotatable bonds is 6. The van der Waals surface area contributed by atoms with Crippen LogP contribution in [0.5, 0.6) is 5.75 Å². The van der Waals surface area contributed by atoms with Crippen LogP contribution in [-0.4, -0.2) is 18.9 Å². The number of aliphatic imine (C=N–C) groups is 1. The van der Waals surface area contributed by atoms with Gasteiger partial charge in [-0.3, -0.25) is 4.99 Å². The van der Waals surface area contributed by atoms with Crippen molar-refractivity contribution < 1.29 is 17.9 Å². The zero-order valence-corrected chi connectivity index (χ0v) is 14.8. The summed E-state index contributed by atoms with van der Waals surface area (Å²) in [6, 6.07) is 5.31. The highest BCUT2D eigenvalue weighted by molar-refractivity contribution is 14.0. The Morgan fingerprint density at radius 3 is 2.23 bits per heavy atom. The lowest BCUT2D eigenvalue weighted by atomic mass is 10.0. The minimum atomic E-state index is -4.69. The maximum absolute atomic E-state index is 12.0. The predicted molar refractivity (Wildman–Crippen MR) is 92.7 cm³/mol. The largest absolute Gasteiger partial charge is 0.573 e. The van der Waals surface area contributed by atoms with Gasteiger partial charge in [0.2, 0.25) is 0 Å². The number of hydrogen-bond acceptors (Lipinski definition) is 2. The quantitative estimate of drug-likeness (QED) is 0.400. The monoisotopic (exact) mass is 431 g/mol. The first-order valence-corrected chi connectivity index (χ1v) is 6.76. The van der Waals surface area contributed by atoms with Gasteiger partial charge in [0.25, 0.3) is 0 Å². The molecule has 0 heterocycles. The smallest absolute Gasteiger partial charge is 0.406 e. The van der Waals surface area contributed by atoms with Gasteiger partial charge in [-0.1, -0.05) is 26.7 Å². The molecule has 126 valence electrons. The Hall–Kier alpha value is -1.19. The highest BCUT2D eigenvalue weighted by Gasteiger charge is 2.30. The summed E-state index contributed by atoms with van der Waals surface area (Å²) in [5.41, 5.74) is 6.28. The number of halogens is 4. The molecule has 0 bridgehead atoms. The molecule has 0 aliphatic heterocycles. The fourth-order valence-electron chi connectivity index (χ4n) is 1.70. The summed E-state index contributed by atoms with van der Waals surface area (Å²) in [5, 5.41) is 2.83. The Morgan fingerprint density at radius 2 is 1.77 bits per heavy atom. The summed E-state index contributed by atoms with van der Waals surface area (Å²) >= 11 is 0. The van der Waals surface area contributed by atoms with Crippen LogP contribution in [0.1, 0.15) is 26.7 Å². The molecule has 0 radical (unpaired) electrons. The lowest BCUT2D eigenvalue weighted by molar-refractivity contribution is -0.274. The Kier molecular flexibility index (Phi) is 9.22. The highest BCUT2D eigenvalue weighted by atomic mass is 127. The molecule has 0 aromatic heterocycles. The van der Waals surface area contributed by atoms with Crippen LogP contribution >= 0.6 is 24.0 Å². The predicted octanol–water partition coefficient (Wildman–Crippen LogP) is 4.37. The maximum Gasteiger partial charge on any atom is 0.573 e. The molecule has 0 spiro atoms. The van der Waals surface area contributed by atoms with Gasteiger partial charge in [0.05, 0.1) is 0 Å². The second-order valence-corrected chi connectivity index (χ2v) is 4.61. The van der Waals surface area contributed by atoms with Gasteiger partial charge in [0.1, 0.15) is 5.75 Å². The Labute approximate surface area is 145 Å². The van der Waals surface area contributed by atoms with Gasteiger partial charge in [-0.2, -0.15) is 0 Å². The molecule has 1 aromatic carbocycles. The van der Waals surface area contributed by atoms with E-state index in [1.807, 2.05) is 0 Å². The van der Waals surface area contributed by atoms with Crippen LogP contribution in [0.25, 0.3) is 0 Å². The van der Waals surface area contributed by atoms with Crippen molar-refractivity contribution in [3.63, 3.8) is 0 Å². The number of alkyl halides is 3. The second-order valence-electron chi connectivity index (χ2n) is 4.61. The van der Waals surface area contributed by atoms with Crippen molar-refractivity contribution >= 4 is 35.6 Å². The van der Waals surface area contributed by atoms with Gasteiger partial charge in [0, 0.05) is 12.2 Å². The van der Waals surface area contributed by atoms with Gasteiger partial charge in [-0.15, -0.1) is 37.1 Å². The topological polar surface area (TPSA) is 59.6 Å². The van der Waals surface area contributed by atoms with Crippen LogP contribution in [0.2, 0.25) is 0 Å². The summed E-state index contributed by atoms with van der Waals surface area (Å²) in [5.74, 6) is 0.444. The van der Waals surface area contributed by atoms with Crippen LogP contribution in [-0.2, 0) is 0 Å². The third-order valence-electron chi connectivity index (χ3n) is 3.03. The van der Waals surface area contributed by atoms with E-state index in [0.29, 0.717) is 18.2 Å². The minimum absolute atomic E-state index is 0. The summed E-state index contributed by atoms with van der Waals surface area (Å²) < 4.78 is 39.8. The Bertz CT molecular complexity index is 459. The van der Waals surface area contributed by atoms with Gasteiger partial charge >= 0.3 is 6.36 Å². The molecule has 0 atom stereocenters. The normalized spacial score (nSPS) is 12.0. The van der Waals surface area contributed by atoms with E-state index in [2.05, 4.69) is 28.9 Å². The van der Waals surface area contributed by atoms with E-state index in [1.54, 1.807) is 0 Å². The Balaban J connectivity index is 0.00000441. The SMILES string of the molecule is CCC(CC)CN=C(N)Nc1ccc(OC(F)(F)F)cc1.I. The molecule has 0 unspecified atom stereocenters. The van der Waals surface area contributed by atoms with Crippen LogP contribution in [0.4, 0.5) is 18.9 Å². The van der Waals surface area contributed by atoms with Crippen LogP contribution in [0, 0.1) is 5.92 Å². The van der Waals surface area contributed by atoms with Crippen molar-refractivity contribution in [1.29, 1.82) is 0 Å². The molecule has 0 saturated heterocycles. The summed E-state index contributed by atoms with van der Waals surface area (Å²) in [6.45, 7) is 4.81. The highest BCUT2D eigenvalue weighted by Crippen LogP contribution is 2.23. The standard InChI is InChI=1S/C14H20F3N3O.HI/c1-3-10(4-2)9-19-13(18)20-11-5-7-12(8-6-11)21-14(15,16)17;/h5-8,10H,3-4,9H2,1-2H3,(H3,18,19,20);1H. The van der Waals surface area contributed by atoms with E-state index in [1.165, 1.54) is 24.3 Å². The fourth-order valence-corrected chi connectivity index (χ4v) is 1.70. The molecule has 22 heavy (non-hydrogen) atoms. The second kappa shape index (κ2) is 9.75. The third kappa shape index (κ3) is 8.30.